The van der Waals surface area contributed by atoms with Gasteiger partial charge < -0.3 is 31.5 Å². The standard InChI is InChI=1S/C33H43ClN6O5S/c1-19(2)45-18-23-14-25(22-10-12-24(13-11-22)37-21(5)17-41)26(31(35)42)15-29(23)39-33-36-16-27(34)32(40-33)38-28-8-6-7-9-30(28)46(43,44)20(3)4/h6-10,14-16,19-21,24,37,41H,11-13,17-18H2,1-5H3,(H2,35,42)(H2,36,38,39,40). The van der Waals surface area contributed by atoms with Gasteiger partial charge in [0.1, 0.15) is 5.02 Å². The van der Waals surface area contributed by atoms with Crippen molar-refractivity contribution in [3.63, 3.8) is 0 Å². The molecular formula is C33H43ClN6O5S. The predicted molar refractivity (Wildman–Crippen MR) is 183 cm³/mol. The first-order valence-electron chi connectivity index (χ1n) is 15.3. The zero-order chi connectivity index (χ0) is 33.6. The molecule has 1 heterocycles. The number of aliphatic hydroxyl groups excluding tert-OH is 1. The van der Waals surface area contributed by atoms with Crippen molar-refractivity contribution >= 4 is 56.1 Å². The van der Waals surface area contributed by atoms with Gasteiger partial charge in [-0.1, -0.05) is 29.8 Å². The summed E-state index contributed by atoms with van der Waals surface area (Å²) < 4.78 is 32.0. The lowest BCUT2D eigenvalue weighted by Crippen LogP contribution is -2.39. The molecule has 13 heteroatoms. The predicted octanol–water partition coefficient (Wildman–Crippen LogP) is 5.73. The summed E-state index contributed by atoms with van der Waals surface area (Å²) in [6, 6.07) is 10.4. The van der Waals surface area contributed by atoms with Crippen LogP contribution in [0.3, 0.4) is 0 Å². The maximum Gasteiger partial charge on any atom is 0.249 e. The first-order valence-corrected chi connectivity index (χ1v) is 17.3. The Hall–Kier alpha value is -3.55. The van der Waals surface area contributed by atoms with Gasteiger partial charge in [0.15, 0.2) is 15.7 Å². The number of hydrogen-bond donors (Lipinski definition) is 5. The van der Waals surface area contributed by atoms with Gasteiger partial charge in [0.05, 0.1) is 41.3 Å². The van der Waals surface area contributed by atoms with E-state index in [-0.39, 0.29) is 53.1 Å². The van der Waals surface area contributed by atoms with Crippen molar-refractivity contribution in [3.05, 3.63) is 70.4 Å². The number of carbonyl (C=O) groups is 1. The third-order valence-electron chi connectivity index (χ3n) is 7.69. The number of benzene rings is 2. The van der Waals surface area contributed by atoms with Gasteiger partial charge in [-0.25, -0.2) is 13.4 Å². The van der Waals surface area contributed by atoms with Crippen LogP contribution in [0.4, 0.5) is 23.1 Å². The summed E-state index contributed by atoms with van der Waals surface area (Å²) in [4.78, 5) is 21.7. The first kappa shape index (κ1) is 35.3. The molecule has 1 aliphatic rings. The summed E-state index contributed by atoms with van der Waals surface area (Å²) >= 11 is 6.44. The second-order valence-electron chi connectivity index (χ2n) is 12.0. The molecule has 0 radical (unpaired) electrons. The number of primary amides is 1. The van der Waals surface area contributed by atoms with E-state index in [1.807, 2.05) is 26.8 Å². The Bertz CT molecular complexity index is 1700. The second-order valence-corrected chi connectivity index (χ2v) is 14.8. The van der Waals surface area contributed by atoms with Gasteiger partial charge >= 0.3 is 0 Å². The molecule has 4 rings (SSSR count). The number of carbonyl (C=O) groups excluding carboxylic acids is 1. The van der Waals surface area contributed by atoms with Crippen molar-refractivity contribution in [3.8, 4) is 0 Å². The van der Waals surface area contributed by atoms with Crippen molar-refractivity contribution in [2.45, 2.75) is 88.8 Å². The van der Waals surface area contributed by atoms with Crippen LogP contribution in [0.1, 0.15) is 75.4 Å². The van der Waals surface area contributed by atoms with E-state index in [0.29, 0.717) is 16.9 Å². The van der Waals surface area contributed by atoms with E-state index in [9.17, 15) is 18.3 Å². The zero-order valence-electron chi connectivity index (χ0n) is 26.8. The van der Waals surface area contributed by atoms with Gasteiger partial charge in [-0.2, -0.15) is 4.98 Å². The van der Waals surface area contributed by atoms with Crippen LogP contribution in [-0.4, -0.2) is 59.4 Å². The molecule has 1 amide bonds. The highest BCUT2D eigenvalue weighted by Gasteiger charge is 2.24. The molecule has 2 aromatic carbocycles. The van der Waals surface area contributed by atoms with E-state index in [1.165, 1.54) is 12.3 Å². The van der Waals surface area contributed by atoms with Crippen LogP contribution in [0.5, 0.6) is 0 Å². The van der Waals surface area contributed by atoms with Gasteiger partial charge in [-0.15, -0.1) is 0 Å². The molecule has 0 saturated heterocycles. The molecule has 0 saturated carbocycles. The van der Waals surface area contributed by atoms with Crippen LogP contribution in [0, 0.1) is 0 Å². The molecule has 6 N–H and O–H groups in total. The summed E-state index contributed by atoms with van der Waals surface area (Å²) in [5, 5.41) is 18.6. The third-order valence-corrected chi connectivity index (χ3v) is 10.2. The molecule has 0 bridgehead atoms. The number of rotatable bonds is 14. The smallest absolute Gasteiger partial charge is 0.249 e. The molecule has 2 unspecified atom stereocenters. The largest absolute Gasteiger partial charge is 0.395 e. The number of allylic oxidation sites excluding steroid dienone is 1. The molecule has 46 heavy (non-hydrogen) atoms. The number of aromatic nitrogens is 2. The topological polar surface area (TPSA) is 169 Å². The van der Waals surface area contributed by atoms with Gasteiger partial charge in [0.25, 0.3) is 0 Å². The zero-order valence-corrected chi connectivity index (χ0v) is 28.4. The van der Waals surface area contributed by atoms with Crippen LogP contribution < -0.4 is 21.7 Å². The second kappa shape index (κ2) is 15.4. The molecule has 248 valence electrons. The minimum atomic E-state index is -3.59. The van der Waals surface area contributed by atoms with Gasteiger partial charge in [-0.05, 0) is 89.3 Å². The normalized spacial score (nSPS) is 15.9. The van der Waals surface area contributed by atoms with Crippen LogP contribution in [0.2, 0.25) is 5.02 Å². The first-order chi connectivity index (χ1) is 21.8. The van der Waals surface area contributed by atoms with E-state index >= 15 is 0 Å². The third kappa shape index (κ3) is 8.62. The molecular weight excluding hydrogens is 628 g/mol. The Labute approximate surface area is 275 Å². The fraction of sp³-hybridized carbons (Fsp3) is 0.424. The number of hydrogen-bond acceptors (Lipinski definition) is 10. The number of amides is 1. The van der Waals surface area contributed by atoms with Crippen LogP contribution in [-0.2, 0) is 21.2 Å². The lowest BCUT2D eigenvalue weighted by molar-refractivity contribution is 0.0660. The van der Waals surface area contributed by atoms with E-state index in [1.54, 1.807) is 38.1 Å². The number of nitrogens with two attached hydrogens (primary N) is 1. The highest BCUT2D eigenvalue weighted by Crippen LogP contribution is 2.35. The van der Waals surface area contributed by atoms with E-state index in [0.717, 1.165) is 36.0 Å². The number of anilines is 4. The fourth-order valence-electron chi connectivity index (χ4n) is 5.13. The Morgan fingerprint density at radius 2 is 1.87 bits per heavy atom. The lowest BCUT2D eigenvalue weighted by atomic mass is 9.86. The maximum absolute atomic E-state index is 13.0. The van der Waals surface area contributed by atoms with Crippen molar-refractivity contribution in [2.75, 3.05) is 17.2 Å². The Morgan fingerprint density at radius 1 is 1.13 bits per heavy atom. The lowest BCUT2D eigenvalue weighted by Gasteiger charge is -2.27. The van der Waals surface area contributed by atoms with Crippen LogP contribution in [0.15, 0.2) is 53.6 Å². The number of para-hydroxylation sites is 1. The number of nitrogens with zero attached hydrogens (tertiary/aromatic N) is 2. The Balaban J connectivity index is 1.69. The van der Waals surface area contributed by atoms with E-state index in [2.05, 4.69) is 32.0 Å². The molecule has 2 atom stereocenters. The van der Waals surface area contributed by atoms with Crippen LogP contribution >= 0.6 is 11.6 Å². The molecule has 3 aromatic rings. The van der Waals surface area contributed by atoms with Crippen molar-refractivity contribution in [2.24, 2.45) is 5.73 Å². The summed E-state index contributed by atoms with van der Waals surface area (Å²) in [5.41, 5.74) is 9.63. The Morgan fingerprint density at radius 3 is 2.50 bits per heavy atom. The highest BCUT2D eigenvalue weighted by atomic mass is 35.5. The molecule has 0 aliphatic heterocycles. The number of halogens is 1. The summed E-state index contributed by atoms with van der Waals surface area (Å²) in [6.45, 7) is 9.37. The molecule has 11 nitrogen and oxygen atoms in total. The molecule has 0 fully saturated rings. The molecule has 1 aliphatic carbocycles. The Kier molecular flexibility index (Phi) is 11.8. The summed E-state index contributed by atoms with van der Waals surface area (Å²) in [7, 11) is -3.59. The molecule has 1 aromatic heterocycles. The average molecular weight is 671 g/mol. The quantitative estimate of drug-likeness (QED) is 0.143. The van der Waals surface area contributed by atoms with Crippen LogP contribution in [0.25, 0.3) is 5.57 Å². The molecule has 0 spiro atoms. The average Bonchev–Trinajstić information content (AvgIpc) is 3.02. The van der Waals surface area contributed by atoms with Crippen molar-refractivity contribution < 1.29 is 23.1 Å². The summed E-state index contributed by atoms with van der Waals surface area (Å²) in [5.74, 6) is -0.219. The van der Waals surface area contributed by atoms with E-state index in [4.69, 9.17) is 22.1 Å². The number of ether oxygens (including phenoxy) is 1. The van der Waals surface area contributed by atoms with Gasteiger partial charge in [-0.3, -0.25) is 4.79 Å². The summed E-state index contributed by atoms with van der Waals surface area (Å²) in [6.07, 6.45) is 5.81. The monoisotopic (exact) mass is 670 g/mol. The number of sulfone groups is 1. The van der Waals surface area contributed by atoms with Crippen molar-refractivity contribution in [1.82, 2.24) is 15.3 Å². The highest BCUT2D eigenvalue weighted by molar-refractivity contribution is 7.92. The van der Waals surface area contributed by atoms with E-state index < -0.39 is 21.0 Å². The fourth-order valence-corrected chi connectivity index (χ4v) is 6.47. The van der Waals surface area contributed by atoms with Gasteiger partial charge in [0, 0.05) is 28.9 Å². The van der Waals surface area contributed by atoms with Crippen molar-refractivity contribution in [1.29, 1.82) is 0 Å². The number of nitrogens with one attached hydrogen (secondary N) is 3. The maximum atomic E-state index is 13.0. The SMILES string of the molecule is CC(CO)NC1CC=C(c2cc(COC(C)C)c(Nc3ncc(Cl)c(Nc4ccccc4S(=O)(=O)C(C)C)n3)cc2C(N)=O)CC1. The minimum absolute atomic E-state index is 0.0000947. The minimum Gasteiger partial charge on any atom is -0.395 e. The van der Waals surface area contributed by atoms with Gasteiger partial charge in [0.2, 0.25) is 11.9 Å². The number of aliphatic hydroxyl groups is 1.